The number of ether oxygens (including phenoxy) is 1. The number of alkyl halides is 1. The van der Waals surface area contributed by atoms with Crippen LogP contribution in [0.5, 0.6) is 0 Å². The fourth-order valence-corrected chi connectivity index (χ4v) is 1.29. The molecule has 1 saturated heterocycles. The summed E-state index contributed by atoms with van der Waals surface area (Å²) in [7, 11) is 0. The number of hydrogen-bond donors (Lipinski definition) is 3. The molecule has 0 aliphatic carbocycles. The summed E-state index contributed by atoms with van der Waals surface area (Å²) in [6, 6.07) is 0. The molecular weight excluding hydrogens is 167 g/mol. The van der Waals surface area contributed by atoms with E-state index in [4.69, 9.17) is 9.84 Å². The second kappa shape index (κ2) is 3.26. The van der Waals surface area contributed by atoms with Gasteiger partial charge in [-0.2, -0.15) is 0 Å². The first kappa shape index (κ1) is 9.85. The number of aliphatic hydroxyl groups is 3. The topological polar surface area (TPSA) is 69.9 Å². The van der Waals surface area contributed by atoms with Gasteiger partial charge in [-0.05, 0) is 6.42 Å². The summed E-state index contributed by atoms with van der Waals surface area (Å²) in [4.78, 5) is 0. The first-order valence-electron chi connectivity index (χ1n) is 3.86. The van der Waals surface area contributed by atoms with Crippen LogP contribution in [0.2, 0.25) is 0 Å². The molecule has 1 fully saturated rings. The Morgan fingerprint density at radius 1 is 1.50 bits per heavy atom. The van der Waals surface area contributed by atoms with E-state index < -0.39 is 30.8 Å². The third-order valence-corrected chi connectivity index (χ3v) is 2.21. The minimum absolute atomic E-state index is 0.417. The maximum Gasteiger partial charge on any atom is 0.189 e. The third-order valence-electron chi connectivity index (χ3n) is 2.21. The minimum atomic E-state index is -2.15. The first-order valence-corrected chi connectivity index (χ1v) is 3.86. The fourth-order valence-electron chi connectivity index (χ4n) is 1.29. The first-order chi connectivity index (χ1) is 5.56. The van der Waals surface area contributed by atoms with Crippen LogP contribution in [-0.2, 0) is 4.74 Å². The molecule has 0 aromatic heterocycles. The third kappa shape index (κ3) is 1.22. The predicted octanol–water partition coefficient (Wildman–Crippen LogP) is -0.825. The van der Waals surface area contributed by atoms with Gasteiger partial charge in [0.15, 0.2) is 11.9 Å². The van der Waals surface area contributed by atoms with Crippen LogP contribution in [0.1, 0.15) is 13.3 Å². The summed E-state index contributed by atoms with van der Waals surface area (Å²) < 4.78 is 17.0. The monoisotopic (exact) mass is 180 g/mol. The van der Waals surface area contributed by atoms with E-state index in [-0.39, 0.29) is 0 Å². The lowest BCUT2D eigenvalue weighted by Gasteiger charge is -2.24. The van der Waals surface area contributed by atoms with Gasteiger partial charge in [0, 0.05) is 0 Å². The van der Waals surface area contributed by atoms with Crippen molar-refractivity contribution in [2.75, 3.05) is 6.67 Å². The zero-order chi connectivity index (χ0) is 9.35. The Hall–Kier alpha value is -0.230. The van der Waals surface area contributed by atoms with Crippen LogP contribution in [0, 0.1) is 0 Å². The number of halogens is 1. The maximum absolute atomic E-state index is 12.2. The number of rotatable bonds is 2. The van der Waals surface area contributed by atoms with E-state index in [2.05, 4.69) is 0 Å². The summed E-state index contributed by atoms with van der Waals surface area (Å²) in [5, 5.41) is 27.7. The summed E-state index contributed by atoms with van der Waals surface area (Å²) in [5.74, 6) is 0. The molecule has 0 aromatic rings. The number of hydrogen-bond acceptors (Lipinski definition) is 4. The van der Waals surface area contributed by atoms with Crippen molar-refractivity contribution in [3.05, 3.63) is 0 Å². The van der Waals surface area contributed by atoms with Gasteiger partial charge in [-0.15, -0.1) is 0 Å². The van der Waals surface area contributed by atoms with E-state index in [9.17, 15) is 14.6 Å². The van der Waals surface area contributed by atoms with Crippen molar-refractivity contribution >= 4 is 0 Å². The molecular formula is C7H13FO4. The standard InChI is InChI=1S/C7H13FO4/c1-2-4-5(9)7(11,3-8)6(10)12-4/h4-6,9-11H,2-3H2,1H3/t4-,5?,6?,7-/m1/s1. The van der Waals surface area contributed by atoms with E-state index in [1.807, 2.05) is 0 Å². The summed E-state index contributed by atoms with van der Waals surface area (Å²) in [5.41, 5.74) is -2.15. The van der Waals surface area contributed by atoms with E-state index in [1.165, 1.54) is 0 Å². The minimum Gasteiger partial charge on any atom is -0.387 e. The van der Waals surface area contributed by atoms with E-state index >= 15 is 0 Å². The Morgan fingerprint density at radius 3 is 2.33 bits per heavy atom. The van der Waals surface area contributed by atoms with Crippen molar-refractivity contribution < 1.29 is 24.4 Å². The normalized spacial score (nSPS) is 48.2. The van der Waals surface area contributed by atoms with Gasteiger partial charge in [0.2, 0.25) is 0 Å². The van der Waals surface area contributed by atoms with E-state index in [1.54, 1.807) is 6.92 Å². The molecule has 0 radical (unpaired) electrons. The zero-order valence-electron chi connectivity index (χ0n) is 6.77. The molecule has 12 heavy (non-hydrogen) atoms. The van der Waals surface area contributed by atoms with Crippen LogP contribution in [0.15, 0.2) is 0 Å². The Bertz CT molecular complexity index is 165. The van der Waals surface area contributed by atoms with Gasteiger partial charge in [0.1, 0.15) is 12.8 Å². The van der Waals surface area contributed by atoms with Crippen LogP contribution in [0.25, 0.3) is 0 Å². The second-order valence-electron chi connectivity index (χ2n) is 3.00. The van der Waals surface area contributed by atoms with Gasteiger partial charge in [0.05, 0.1) is 6.10 Å². The Morgan fingerprint density at radius 2 is 2.08 bits per heavy atom. The molecule has 1 aliphatic heterocycles. The molecule has 4 nitrogen and oxygen atoms in total. The smallest absolute Gasteiger partial charge is 0.189 e. The molecule has 0 saturated carbocycles. The van der Waals surface area contributed by atoms with Crippen LogP contribution in [0.4, 0.5) is 4.39 Å². The molecule has 0 bridgehead atoms. The van der Waals surface area contributed by atoms with Crippen molar-refractivity contribution in [2.45, 2.75) is 37.4 Å². The van der Waals surface area contributed by atoms with Crippen molar-refractivity contribution in [1.82, 2.24) is 0 Å². The Balaban J connectivity index is 2.76. The molecule has 1 rings (SSSR count). The average molecular weight is 180 g/mol. The van der Waals surface area contributed by atoms with Crippen LogP contribution >= 0.6 is 0 Å². The molecule has 0 spiro atoms. The van der Waals surface area contributed by atoms with Crippen molar-refractivity contribution in [3.8, 4) is 0 Å². The molecule has 4 atom stereocenters. The molecule has 0 amide bonds. The summed E-state index contributed by atoms with van der Waals surface area (Å²) in [6.07, 6.45) is -3.27. The van der Waals surface area contributed by atoms with Gasteiger partial charge in [0.25, 0.3) is 0 Å². The highest BCUT2D eigenvalue weighted by Crippen LogP contribution is 2.31. The molecule has 1 aliphatic rings. The molecule has 0 aromatic carbocycles. The highest BCUT2D eigenvalue weighted by atomic mass is 19.1. The van der Waals surface area contributed by atoms with Crippen LogP contribution < -0.4 is 0 Å². The highest BCUT2D eigenvalue weighted by molar-refractivity contribution is 4.98. The van der Waals surface area contributed by atoms with Gasteiger partial charge < -0.3 is 20.1 Å². The van der Waals surface area contributed by atoms with E-state index in [0.29, 0.717) is 6.42 Å². The summed E-state index contributed by atoms with van der Waals surface area (Å²) in [6.45, 7) is 0.496. The van der Waals surface area contributed by atoms with Crippen LogP contribution in [-0.4, -0.2) is 46.1 Å². The van der Waals surface area contributed by atoms with Crippen molar-refractivity contribution in [3.63, 3.8) is 0 Å². The highest BCUT2D eigenvalue weighted by Gasteiger charge is 2.54. The molecule has 1 heterocycles. The molecule has 2 unspecified atom stereocenters. The second-order valence-corrected chi connectivity index (χ2v) is 3.00. The van der Waals surface area contributed by atoms with Gasteiger partial charge >= 0.3 is 0 Å². The lowest BCUT2D eigenvalue weighted by Crippen LogP contribution is -2.50. The molecule has 72 valence electrons. The lowest BCUT2D eigenvalue weighted by molar-refractivity contribution is -0.181. The average Bonchev–Trinajstić information content (AvgIpc) is 2.30. The lowest BCUT2D eigenvalue weighted by atomic mass is 9.96. The maximum atomic E-state index is 12.2. The van der Waals surface area contributed by atoms with Gasteiger partial charge in [-0.1, -0.05) is 6.92 Å². The number of aliphatic hydroxyl groups excluding tert-OH is 2. The Kier molecular flexibility index (Phi) is 2.67. The van der Waals surface area contributed by atoms with Crippen molar-refractivity contribution in [2.24, 2.45) is 0 Å². The summed E-state index contributed by atoms with van der Waals surface area (Å²) >= 11 is 0. The zero-order valence-corrected chi connectivity index (χ0v) is 6.77. The van der Waals surface area contributed by atoms with E-state index in [0.717, 1.165) is 0 Å². The SMILES string of the molecule is CC[C@H]1OC(O)[C@@](O)(CF)C1O. The van der Waals surface area contributed by atoms with Crippen molar-refractivity contribution in [1.29, 1.82) is 0 Å². The predicted molar refractivity (Wildman–Crippen MR) is 38.1 cm³/mol. The Labute approximate surface area is 69.6 Å². The quantitative estimate of drug-likeness (QED) is 0.519. The fraction of sp³-hybridized carbons (Fsp3) is 1.00. The van der Waals surface area contributed by atoms with Gasteiger partial charge in [-0.25, -0.2) is 4.39 Å². The molecule has 3 N–H and O–H groups in total. The van der Waals surface area contributed by atoms with Crippen LogP contribution in [0.3, 0.4) is 0 Å². The van der Waals surface area contributed by atoms with Gasteiger partial charge in [-0.3, -0.25) is 0 Å². The largest absolute Gasteiger partial charge is 0.387 e. The molecule has 5 heteroatoms.